The molecule has 0 radical (unpaired) electrons. The zero-order valence-corrected chi connectivity index (χ0v) is 9.05. The van der Waals surface area contributed by atoms with Crippen molar-refractivity contribution in [2.24, 2.45) is 5.92 Å². The molecule has 0 bridgehead atoms. The van der Waals surface area contributed by atoms with E-state index in [2.05, 4.69) is 4.74 Å². The van der Waals surface area contributed by atoms with Crippen LogP contribution >= 0.6 is 0 Å². The molecule has 1 atom stereocenters. The zero-order valence-electron chi connectivity index (χ0n) is 9.05. The van der Waals surface area contributed by atoms with Crippen LogP contribution in [0.3, 0.4) is 0 Å². The first-order valence-corrected chi connectivity index (χ1v) is 5.13. The molecule has 16 heavy (non-hydrogen) atoms. The minimum Gasteiger partial charge on any atom is -0.468 e. The second-order valence-corrected chi connectivity index (χ2v) is 3.76. The number of carbonyl (C=O) groups excluding carboxylic acids is 2. The van der Waals surface area contributed by atoms with Gasteiger partial charge in [-0.3, -0.25) is 9.59 Å². The molecular formula is C12H13NO3. The van der Waals surface area contributed by atoms with Crippen LogP contribution in [0.1, 0.15) is 0 Å². The summed E-state index contributed by atoms with van der Waals surface area (Å²) in [6.07, 6.45) is 0. The number of rotatable bonds is 2. The van der Waals surface area contributed by atoms with Crippen molar-refractivity contribution in [2.45, 2.75) is 0 Å². The van der Waals surface area contributed by atoms with Gasteiger partial charge < -0.3 is 9.64 Å². The van der Waals surface area contributed by atoms with E-state index in [4.69, 9.17) is 0 Å². The van der Waals surface area contributed by atoms with Crippen molar-refractivity contribution in [1.82, 2.24) is 0 Å². The van der Waals surface area contributed by atoms with Crippen LogP contribution in [0.25, 0.3) is 0 Å². The van der Waals surface area contributed by atoms with Crippen molar-refractivity contribution in [3.05, 3.63) is 30.3 Å². The summed E-state index contributed by atoms with van der Waals surface area (Å²) in [6.45, 7) is 0.694. The molecule has 0 amide bonds. The summed E-state index contributed by atoms with van der Waals surface area (Å²) in [5.74, 6) is -1.15. The van der Waals surface area contributed by atoms with E-state index < -0.39 is 11.9 Å². The first-order chi connectivity index (χ1) is 7.72. The van der Waals surface area contributed by atoms with Crippen molar-refractivity contribution >= 4 is 17.4 Å². The fourth-order valence-electron chi connectivity index (χ4n) is 1.87. The largest absolute Gasteiger partial charge is 0.468 e. The van der Waals surface area contributed by atoms with Gasteiger partial charge in [-0.2, -0.15) is 0 Å². The number of hydrogen-bond donors (Lipinski definition) is 0. The molecule has 1 saturated heterocycles. The maximum atomic E-state index is 11.6. The molecule has 1 aromatic rings. The highest BCUT2D eigenvalue weighted by Crippen LogP contribution is 2.21. The Balaban J connectivity index is 2.13. The maximum Gasteiger partial charge on any atom is 0.318 e. The van der Waals surface area contributed by atoms with E-state index in [0.717, 1.165) is 5.69 Å². The number of anilines is 1. The molecule has 0 saturated carbocycles. The average molecular weight is 219 g/mol. The van der Waals surface area contributed by atoms with Gasteiger partial charge >= 0.3 is 5.97 Å². The minimum atomic E-state index is -0.634. The number of ether oxygens (including phenoxy) is 1. The lowest BCUT2D eigenvalue weighted by molar-refractivity contribution is -0.147. The third-order valence-electron chi connectivity index (χ3n) is 2.75. The highest BCUT2D eigenvalue weighted by Gasteiger charge is 2.36. The Morgan fingerprint density at radius 1 is 1.38 bits per heavy atom. The van der Waals surface area contributed by atoms with Crippen molar-refractivity contribution < 1.29 is 14.3 Å². The van der Waals surface area contributed by atoms with Gasteiger partial charge in [0.25, 0.3) is 0 Å². The molecule has 0 aliphatic carbocycles. The van der Waals surface area contributed by atoms with Gasteiger partial charge in [0.2, 0.25) is 0 Å². The molecule has 0 N–H and O–H groups in total. The van der Waals surface area contributed by atoms with E-state index in [1.807, 2.05) is 35.2 Å². The van der Waals surface area contributed by atoms with Crippen molar-refractivity contribution in [2.75, 3.05) is 25.1 Å². The third kappa shape index (κ3) is 1.91. The number of Topliss-reactive ketones (excluding diaryl/α,β-unsaturated/α-hetero) is 1. The first kappa shape index (κ1) is 10.7. The van der Waals surface area contributed by atoms with Gasteiger partial charge in [-0.1, -0.05) is 18.2 Å². The highest BCUT2D eigenvalue weighted by atomic mass is 16.5. The predicted octanol–water partition coefficient (Wildman–Crippen LogP) is 0.865. The van der Waals surface area contributed by atoms with Gasteiger partial charge in [0.1, 0.15) is 5.92 Å². The van der Waals surface area contributed by atoms with Crippen LogP contribution in [0, 0.1) is 5.92 Å². The van der Waals surface area contributed by atoms with Crippen LogP contribution < -0.4 is 4.90 Å². The molecule has 1 heterocycles. The van der Waals surface area contributed by atoms with E-state index in [1.165, 1.54) is 7.11 Å². The van der Waals surface area contributed by atoms with Crippen LogP contribution in [0.4, 0.5) is 5.69 Å². The van der Waals surface area contributed by atoms with Gasteiger partial charge in [-0.05, 0) is 12.1 Å². The number of hydrogen-bond acceptors (Lipinski definition) is 4. The zero-order chi connectivity index (χ0) is 11.5. The van der Waals surface area contributed by atoms with Crippen LogP contribution in [0.15, 0.2) is 30.3 Å². The number of nitrogens with zero attached hydrogens (tertiary/aromatic N) is 1. The van der Waals surface area contributed by atoms with E-state index in [1.54, 1.807) is 0 Å². The van der Waals surface area contributed by atoms with E-state index in [-0.39, 0.29) is 12.3 Å². The summed E-state index contributed by atoms with van der Waals surface area (Å²) >= 11 is 0. The Kier molecular flexibility index (Phi) is 2.90. The smallest absolute Gasteiger partial charge is 0.318 e. The van der Waals surface area contributed by atoms with E-state index >= 15 is 0 Å². The Hall–Kier alpha value is -1.84. The van der Waals surface area contributed by atoms with Gasteiger partial charge in [-0.25, -0.2) is 0 Å². The SMILES string of the molecule is COC(=O)[C@H]1CN(c2ccccc2)CC1=O. The lowest BCUT2D eigenvalue weighted by Gasteiger charge is -2.16. The van der Waals surface area contributed by atoms with Crippen LogP contribution in [0.5, 0.6) is 0 Å². The minimum absolute atomic E-state index is 0.0734. The van der Waals surface area contributed by atoms with Gasteiger partial charge in [0, 0.05) is 12.2 Å². The van der Waals surface area contributed by atoms with Crippen LogP contribution in [0.2, 0.25) is 0 Å². The number of carbonyl (C=O) groups is 2. The van der Waals surface area contributed by atoms with E-state index in [9.17, 15) is 9.59 Å². The standard InChI is InChI=1S/C12H13NO3/c1-16-12(15)10-7-13(8-11(10)14)9-5-3-2-4-6-9/h2-6,10H,7-8H2,1H3/t10-/m0/s1. The summed E-state index contributed by atoms with van der Waals surface area (Å²) in [5.41, 5.74) is 0.960. The molecule has 4 heteroatoms. The number of ketones is 1. The number of benzene rings is 1. The van der Waals surface area contributed by atoms with Crippen molar-refractivity contribution in [1.29, 1.82) is 0 Å². The van der Waals surface area contributed by atoms with Crippen molar-refractivity contribution in [3.63, 3.8) is 0 Å². The highest BCUT2D eigenvalue weighted by molar-refractivity contribution is 6.04. The van der Waals surface area contributed by atoms with Crippen LogP contribution in [-0.4, -0.2) is 32.0 Å². The summed E-state index contributed by atoms with van der Waals surface area (Å²) in [7, 11) is 1.31. The Labute approximate surface area is 93.8 Å². The molecule has 0 spiro atoms. The van der Waals surface area contributed by atoms with Crippen molar-refractivity contribution in [3.8, 4) is 0 Å². The quantitative estimate of drug-likeness (QED) is 0.547. The molecule has 4 nitrogen and oxygen atoms in total. The normalized spacial score (nSPS) is 19.9. The Bertz CT molecular complexity index is 402. The molecule has 1 aliphatic heterocycles. The molecule has 0 aromatic heterocycles. The second kappa shape index (κ2) is 4.35. The Morgan fingerprint density at radius 2 is 2.06 bits per heavy atom. The number of para-hydroxylation sites is 1. The second-order valence-electron chi connectivity index (χ2n) is 3.76. The number of methoxy groups -OCH3 is 1. The summed E-state index contributed by atoms with van der Waals surface area (Å²) in [5, 5.41) is 0. The van der Waals surface area contributed by atoms with E-state index in [0.29, 0.717) is 6.54 Å². The molecule has 0 unspecified atom stereocenters. The molecular weight excluding hydrogens is 206 g/mol. The summed E-state index contributed by atoms with van der Waals surface area (Å²) in [6, 6.07) is 9.58. The van der Waals surface area contributed by atoms with Gasteiger partial charge in [0.15, 0.2) is 5.78 Å². The molecule has 2 rings (SSSR count). The molecule has 1 aliphatic rings. The van der Waals surface area contributed by atoms with Crippen LogP contribution in [-0.2, 0) is 14.3 Å². The predicted molar refractivity (Wildman–Crippen MR) is 59.2 cm³/mol. The summed E-state index contributed by atoms with van der Waals surface area (Å²) in [4.78, 5) is 24.8. The third-order valence-corrected chi connectivity index (χ3v) is 2.75. The van der Waals surface area contributed by atoms with Gasteiger partial charge in [-0.15, -0.1) is 0 Å². The lowest BCUT2D eigenvalue weighted by Crippen LogP contribution is -2.24. The maximum absolute atomic E-state index is 11.6. The Morgan fingerprint density at radius 3 is 2.69 bits per heavy atom. The monoisotopic (exact) mass is 219 g/mol. The summed E-state index contributed by atoms with van der Waals surface area (Å²) < 4.78 is 4.60. The lowest BCUT2D eigenvalue weighted by atomic mass is 10.1. The number of esters is 1. The molecule has 1 aromatic carbocycles. The average Bonchev–Trinajstić information content (AvgIpc) is 2.71. The first-order valence-electron chi connectivity index (χ1n) is 5.13. The fourth-order valence-corrected chi connectivity index (χ4v) is 1.87. The van der Waals surface area contributed by atoms with Gasteiger partial charge in [0.05, 0.1) is 13.7 Å². The molecule has 1 fully saturated rings. The fraction of sp³-hybridized carbons (Fsp3) is 0.333. The molecule has 84 valence electrons. The topological polar surface area (TPSA) is 46.6 Å².